The van der Waals surface area contributed by atoms with Gasteiger partial charge in [-0.25, -0.2) is 8.78 Å². The Bertz CT molecular complexity index is 499. The van der Waals surface area contributed by atoms with Crippen LogP contribution in [0.3, 0.4) is 0 Å². The normalized spacial score (nSPS) is 17.5. The third-order valence-electron chi connectivity index (χ3n) is 4.29. The van der Waals surface area contributed by atoms with Crippen LogP contribution in [-0.4, -0.2) is 24.2 Å². The van der Waals surface area contributed by atoms with Crippen LogP contribution in [0.25, 0.3) is 0 Å². The summed E-state index contributed by atoms with van der Waals surface area (Å²) in [6.07, 6.45) is 4.84. The average molecular weight is 297 g/mol. The second-order valence-corrected chi connectivity index (χ2v) is 5.89. The van der Waals surface area contributed by atoms with E-state index in [1.165, 1.54) is 12.1 Å². The molecular weight excluding hydrogens is 276 g/mol. The second-order valence-electron chi connectivity index (χ2n) is 5.89. The molecule has 2 N–H and O–H groups in total. The highest BCUT2D eigenvalue weighted by Crippen LogP contribution is 2.35. The van der Waals surface area contributed by atoms with Crippen LogP contribution < -0.4 is 5.32 Å². The lowest BCUT2D eigenvalue weighted by Crippen LogP contribution is -2.41. The number of carbonyl (C=O) groups excluding carboxylic acids is 1. The maximum absolute atomic E-state index is 13.5. The van der Waals surface area contributed by atoms with Crippen LogP contribution in [0.15, 0.2) is 18.2 Å². The Morgan fingerprint density at radius 2 is 1.95 bits per heavy atom. The average Bonchev–Trinajstić information content (AvgIpc) is 2.51. The summed E-state index contributed by atoms with van der Waals surface area (Å²) in [7, 11) is 0. The summed E-state index contributed by atoms with van der Waals surface area (Å²) in [6.45, 7) is 0.431. The van der Waals surface area contributed by atoms with Crippen molar-refractivity contribution in [3.63, 3.8) is 0 Å². The fraction of sp³-hybridized carbons (Fsp3) is 0.562. The van der Waals surface area contributed by atoms with Crippen molar-refractivity contribution in [1.29, 1.82) is 0 Å². The predicted octanol–water partition coefficient (Wildman–Crippen LogP) is 2.57. The first-order chi connectivity index (χ1) is 10.1. The van der Waals surface area contributed by atoms with E-state index in [1.807, 2.05) is 0 Å². The van der Waals surface area contributed by atoms with Crippen molar-refractivity contribution < 1.29 is 18.7 Å². The van der Waals surface area contributed by atoms with Crippen molar-refractivity contribution in [3.05, 3.63) is 35.4 Å². The van der Waals surface area contributed by atoms with Crippen LogP contribution in [0.2, 0.25) is 0 Å². The van der Waals surface area contributed by atoms with E-state index in [-0.39, 0.29) is 29.9 Å². The molecule has 0 aromatic heterocycles. The first kappa shape index (κ1) is 15.9. The number of amides is 1. The summed E-state index contributed by atoms with van der Waals surface area (Å²) in [5.74, 6) is -2.26. The van der Waals surface area contributed by atoms with Gasteiger partial charge in [-0.2, -0.15) is 0 Å². The summed E-state index contributed by atoms with van der Waals surface area (Å²) in [4.78, 5) is 11.9. The highest BCUT2D eigenvalue weighted by atomic mass is 19.2. The number of aliphatic hydroxyl groups excluding tert-OH is 1. The molecule has 1 aliphatic rings. The smallest absolute Gasteiger partial charge is 0.224 e. The Morgan fingerprint density at radius 1 is 1.24 bits per heavy atom. The summed E-state index contributed by atoms with van der Waals surface area (Å²) >= 11 is 0. The zero-order valence-corrected chi connectivity index (χ0v) is 12.0. The molecule has 21 heavy (non-hydrogen) atoms. The van der Waals surface area contributed by atoms with Crippen LogP contribution in [0.4, 0.5) is 8.78 Å². The number of rotatable bonds is 5. The van der Waals surface area contributed by atoms with Crippen molar-refractivity contribution in [2.24, 2.45) is 5.41 Å². The third-order valence-corrected chi connectivity index (χ3v) is 4.29. The Morgan fingerprint density at radius 3 is 2.62 bits per heavy atom. The molecular formula is C16H21F2NO2. The van der Waals surface area contributed by atoms with Gasteiger partial charge in [-0.3, -0.25) is 4.79 Å². The second kappa shape index (κ2) is 6.98. The maximum Gasteiger partial charge on any atom is 0.224 e. The minimum atomic E-state index is -0.970. The molecule has 1 aromatic rings. The van der Waals surface area contributed by atoms with Gasteiger partial charge in [0.2, 0.25) is 5.91 Å². The Balaban J connectivity index is 1.91. The van der Waals surface area contributed by atoms with Gasteiger partial charge in [-0.15, -0.1) is 0 Å². The molecule has 0 heterocycles. The van der Waals surface area contributed by atoms with E-state index in [1.54, 1.807) is 0 Å². The van der Waals surface area contributed by atoms with E-state index >= 15 is 0 Å². The molecule has 2 rings (SSSR count). The standard InChI is InChI=1S/C16H21F2NO2/c17-13-6-4-5-12(15(13)18)9-14(21)19-10-16(11-20)7-2-1-3-8-16/h4-6,20H,1-3,7-11H2,(H,19,21). The van der Waals surface area contributed by atoms with Crippen LogP contribution >= 0.6 is 0 Å². The van der Waals surface area contributed by atoms with E-state index < -0.39 is 11.6 Å². The summed E-state index contributed by atoms with van der Waals surface area (Å²) in [5, 5.41) is 12.3. The van der Waals surface area contributed by atoms with Gasteiger partial charge in [0.15, 0.2) is 11.6 Å². The van der Waals surface area contributed by atoms with Crippen molar-refractivity contribution in [1.82, 2.24) is 5.32 Å². The van der Waals surface area contributed by atoms with Crippen molar-refractivity contribution >= 4 is 5.91 Å². The lowest BCUT2D eigenvalue weighted by Gasteiger charge is -2.35. The minimum absolute atomic E-state index is 0.0433. The minimum Gasteiger partial charge on any atom is -0.396 e. The van der Waals surface area contributed by atoms with Crippen LogP contribution in [0, 0.1) is 17.0 Å². The van der Waals surface area contributed by atoms with Gasteiger partial charge < -0.3 is 10.4 Å². The Kier molecular flexibility index (Phi) is 5.28. The molecule has 116 valence electrons. The number of carbonyl (C=O) groups is 1. The van der Waals surface area contributed by atoms with Gasteiger partial charge in [-0.1, -0.05) is 31.4 Å². The number of hydrogen-bond donors (Lipinski definition) is 2. The van der Waals surface area contributed by atoms with E-state index in [9.17, 15) is 18.7 Å². The molecule has 0 atom stereocenters. The molecule has 0 saturated heterocycles. The molecule has 5 heteroatoms. The van der Waals surface area contributed by atoms with E-state index in [0.717, 1.165) is 38.2 Å². The highest BCUT2D eigenvalue weighted by Gasteiger charge is 2.31. The summed E-state index contributed by atoms with van der Waals surface area (Å²) in [5.41, 5.74) is -0.205. The maximum atomic E-state index is 13.5. The van der Waals surface area contributed by atoms with Gasteiger partial charge in [-0.05, 0) is 18.9 Å². The van der Waals surface area contributed by atoms with Gasteiger partial charge in [0.05, 0.1) is 13.0 Å². The lowest BCUT2D eigenvalue weighted by atomic mass is 9.74. The van der Waals surface area contributed by atoms with Crippen molar-refractivity contribution in [3.8, 4) is 0 Å². The molecule has 0 bridgehead atoms. The molecule has 1 saturated carbocycles. The number of aliphatic hydroxyl groups is 1. The fourth-order valence-corrected chi connectivity index (χ4v) is 2.90. The van der Waals surface area contributed by atoms with Crippen LogP contribution in [0.5, 0.6) is 0 Å². The van der Waals surface area contributed by atoms with Gasteiger partial charge in [0, 0.05) is 17.5 Å². The van der Waals surface area contributed by atoms with Gasteiger partial charge in [0.1, 0.15) is 0 Å². The first-order valence-electron chi connectivity index (χ1n) is 7.37. The van der Waals surface area contributed by atoms with Gasteiger partial charge in [0.25, 0.3) is 0 Å². The SMILES string of the molecule is O=C(Cc1cccc(F)c1F)NCC1(CO)CCCCC1. The van der Waals surface area contributed by atoms with Crippen molar-refractivity contribution in [2.75, 3.05) is 13.2 Å². The Labute approximate surface area is 123 Å². The monoisotopic (exact) mass is 297 g/mol. The zero-order valence-electron chi connectivity index (χ0n) is 12.0. The molecule has 0 spiro atoms. The Hall–Kier alpha value is -1.49. The van der Waals surface area contributed by atoms with E-state index in [0.29, 0.717) is 6.54 Å². The molecule has 0 aliphatic heterocycles. The first-order valence-corrected chi connectivity index (χ1v) is 7.37. The molecule has 1 amide bonds. The molecule has 1 aliphatic carbocycles. The van der Waals surface area contributed by atoms with E-state index in [2.05, 4.69) is 5.32 Å². The predicted molar refractivity (Wildman–Crippen MR) is 75.7 cm³/mol. The summed E-state index contributed by atoms with van der Waals surface area (Å²) < 4.78 is 26.6. The van der Waals surface area contributed by atoms with Gasteiger partial charge >= 0.3 is 0 Å². The van der Waals surface area contributed by atoms with Crippen LogP contribution in [0.1, 0.15) is 37.7 Å². The quantitative estimate of drug-likeness (QED) is 0.877. The molecule has 3 nitrogen and oxygen atoms in total. The number of halogens is 2. The molecule has 1 fully saturated rings. The van der Waals surface area contributed by atoms with E-state index in [4.69, 9.17) is 0 Å². The largest absolute Gasteiger partial charge is 0.396 e. The topological polar surface area (TPSA) is 49.3 Å². The molecule has 0 unspecified atom stereocenters. The zero-order chi connectivity index (χ0) is 15.3. The molecule has 1 aromatic carbocycles. The highest BCUT2D eigenvalue weighted by molar-refractivity contribution is 5.78. The fourth-order valence-electron chi connectivity index (χ4n) is 2.90. The summed E-state index contributed by atoms with van der Waals surface area (Å²) in [6, 6.07) is 3.82. The number of nitrogens with one attached hydrogen (secondary N) is 1. The van der Waals surface area contributed by atoms with Crippen LogP contribution in [-0.2, 0) is 11.2 Å². The number of benzene rings is 1. The molecule has 0 radical (unpaired) electrons. The lowest BCUT2D eigenvalue weighted by molar-refractivity contribution is -0.121. The third kappa shape index (κ3) is 4.00. The van der Waals surface area contributed by atoms with Crippen molar-refractivity contribution in [2.45, 2.75) is 38.5 Å². The number of hydrogen-bond acceptors (Lipinski definition) is 2.